The maximum absolute atomic E-state index is 10.9. The van der Waals surface area contributed by atoms with E-state index in [-0.39, 0.29) is 0 Å². The number of nitrogens with zero attached hydrogens (tertiary/aromatic N) is 3. The molecule has 6 heteroatoms. The van der Waals surface area contributed by atoms with E-state index in [1.807, 2.05) is 24.3 Å². The second kappa shape index (κ2) is 6.91. The predicted molar refractivity (Wildman–Crippen MR) is 85.4 cm³/mol. The van der Waals surface area contributed by atoms with Crippen molar-refractivity contribution in [3.8, 4) is 11.8 Å². The third-order valence-electron chi connectivity index (χ3n) is 3.66. The number of benzene rings is 1. The summed E-state index contributed by atoms with van der Waals surface area (Å²) in [5, 5.41) is 8.97. The van der Waals surface area contributed by atoms with Crippen LogP contribution in [0.3, 0.4) is 0 Å². The van der Waals surface area contributed by atoms with Gasteiger partial charge in [-0.3, -0.25) is 0 Å². The Balaban J connectivity index is 1.68. The maximum Gasteiger partial charge on any atom is 0.407 e. The van der Waals surface area contributed by atoms with Crippen LogP contribution in [-0.4, -0.2) is 39.2 Å². The van der Waals surface area contributed by atoms with Crippen LogP contribution in [0.2, 0.25) is 0 Å². The first kappa shape index (κ1) is 15.0. The van der Waals surface area contributed by atoms with E-state index in [1.165, 1.54) is 10.5 Å². The molecule has 0 bridgehead atoms. The number of aromatic nitrogens is 2. The Labute approximate surface area is 134 Å². The minimum absolute atomic E-state index is 0.312. The van der Waals surface area contributed by atoms with Crippen LogP contribution in [0, 0.1) is 0 Å². The Kier molecular flexibility index (Phi) is 4.52. The molecule has 1 aliphatic rings. The molecule has 3 rings (SSSR count). The number of carboxylic acid groups (broad SMARTS) is 1. The van der Waals surface area contributed by atoms with Gasteiger partial charge in [0.1, 0.15) is 5.75 Å². The molecule has 1 amide bonds. The summed E-state index contributed by atoms with van der Waals surface area (Å²) in [4.78, 5) is 20.4. The lowest BCUT2D eigenvalue weighted by Crippen LogP contribution is -2.35. The summed E-state index contributed by atoms with van der Waals surface area (Å²) in [7, 11) is 0. The topological polar surface area (TPSA) is 75.5 Å². The number of carbonyl (C=O) groups is 1. The largest absolute Gasteiger partial charge is 0.465 e. The van der Waals surface area contributed by atoms with Crippen molar-refractivity contribution in [2.45, 2.75) is 12.8 Å². The van der Waals surface area contributed by atoms with Gasteiger partial charge in [0.2, 0.25) is 0 Å². The highest BCUT2D eigenvalue weighted by molar-refractivity contribution is 5.65. The number of hydrogen-bond donors (Lipinski definition) is 1. The maximum atomic E-state index is 10.9. The molecule has 1 aliphatic heterocycles. The highest BCUT2D eigenvalue weighted by Gasteiger charge is 2.17. The summed E-state index contributed by atoms with van der Waals surface area (Å²) < 4.78 is 5.62. The van der Waals surface area contributed by atoms with Gasteiger partial charge in [0, 0.05) is 25.5 Å². The van der Waals surface area contributed by atoms with Gasteiger partial charge in [-0.1, -0.05) is 23.8 Å². The molecule has 1 N–H and O–H groups in total. The van der Waals surface area contributed by atoms with Crippen LogP contribution in [0.1, 0.15) is 18.4 Å². The Hall–Kier alpha value is -2.89. The molecule has 1 aromatic carbocycles. The predicted octanol–water partition coefficient (Wildman–Crippen LogP) is 3.43. The summed E-state index contributed by atoms with van der Waals surface area (Å²) in [6.07, 6.45) is 6.03. The molecule has 0 atom stereocenters. The SMILES string of the molecule is O=C(O)N1CCC(=Cc2cccc(Oc3ncccn3)c2)CC1. The van der Waals surface area contributed by atoms with Crippen molar-refractivity contribution in [1.29, 1.82) is 0 Å². The number of piperidine rings is 1. The summed E-state index contributed by atoms with van der Waals surface area (Å²) in [6.45, 7) is 1.10. The van der Waals surface area contributed by atoms with Crippen molar-refractivity contribution in [3.63, 3.8) is 0 Å². The van der Waals surface area contributed by atoms with E-state index >= 15 is 0 Å². The van der Waals surface area contributed by atoms with Gasteiger partial charge in [-0.25, -0.2) is 14.8 Å². The molecule has 0 spiro atoms. The molecule has 0 unspecified atom stereocenters. The first-order valence-electron chi connectivity index (χ1n) is 7.43. The molecule has 23 heavy (non-hydrogen) atoms. The lowest BCUT2D eigenvalue weighted by Gasteiger charge is -2.25. The molecule has 0 aliphatic carbocycles. The molecule has 0 saturated carbocycles. The van der Waals surface area contributed by atoms with Gasteiger partial charge in [0.05, 0.1) is 0 Å². The van der Waals surface area contributed by atoms with Crippen molar-refractivity contribution in [3.05, 3.63) is 53.9 Å². The first-order valence-corrected chi connectivity index (χ1v) is 7.43. The standard InChI is InChI=1S/C17H17N3O3/c21-17(22)20-9-5-13(6-10-20)11-14-3-1-4-15(12-14)23-16-18-7-2-8-19-16/h1-4,7-8,11-12H,5-6,9-10H2,(H,21,22). The molecule has 118 valence electrons. The van der Waals surface area contributed by atoms with Gasteiger partial charge in [-0.05, 0) is 36.6 Å². The van der Waals surface area contributed by atoms with Gasteiger partial charge in [-0.2, -0.15) is 0 Å². The zero-order chi connectivity index (χ0) is 16.1. The van der Waals surface area contributed by atoms with Gasteiger partial charge in [0.15, 0.2) is 0 Å². The highest BCUT2D eigenvalue weighted by Crippen LogP contribution is 2.23. The number of ether oxygens (including phenoxy) is 1. The molecule has 2 heterocycles. The number of amides is 1. The van der Waals surface area contributed by atoms with Crippen molar-refractivity contribution in [2.75, 3.05) is 13.1 Å². The van der Waals surface area contributed by atoms with Crippen molar-refractivity contribution in [1.82, 2.24) is 14.9 Å². The number of rotatable bonds is 3. The fourth-order valence-electron chi connectivity index (χ4n) is 2.48. The van der Waals surface area contributed by atoms with Crippen molar-refractivity contribution < 1.29 is 14.6 Å². The molecule has 1 fully saturated rings. The Morgan fingerprint density at radius 2 is 1.91 bits per heavy atom. The average molecular weight is 311 g/mol. The first-order chi connectivity index (χ1) is 11.2. The molecule has 0 radical (unpaired) electrons. The Morgan fingerprint density at radius 3 is 2.61 bits per heavy atom. The molecular formula is C17H17N3O3. The highest BCUT2D eigenvalue weighted by atomic mass is 16.5. The van der Waals surface area contributed by atoms with E-state index in [2.05, 4.69) is 16.0 Å². The van der Waals surface area contributed by atoms with Gasteiger partial charge < -0.3 is 14.7 Å². The summed E-state index contributed by atoms with van der Waals surface area (Å²) in [5.41, 5.74) is 2.27. The normalized spacial score (nSPS) is 14.4. The lowest BCUT2D eigenvalue weighted by atomic mass is 10.0. The zero-order valence-electron chi connectivity index (χ0n) is 12.6. The molecule has 1 aromatic heterocycles. The van der Waals surface area contributed by atoms with Crippen LogP contribution in [0.25, 0.3) is 6.08 Å². The zero-order valence-corrected chi connectivity index (χ0v) is 12.6. The van der Waals surface area contributed by atoms with Crippen LogP contribution < -0.4 is 4.74 Å². The third kappa shape index (κ3) is 4.06. The average Bonchev–Trinajstić information content (AvgIpc) is 2.57. The molecule has 6 nitrogen and oxygen atoms in total. The van der Waals surface area contributed by atoms with E-state index in [1.54, 1.807) is 18.5 Å². The third-order valence-corrected chi connectivity index (χ3v) is 3.66. The lowest BCUT2D eigenvalue weighted by molar-refractivity contribution is 0.142. The fraction of sp³-hybridized carbons (Fsp3) is 0.235. The van der Waals surface area contributed by atoms with Gasteiger partial charge in [-0.15, -0.1) is 0 Å². The monoisotopic (exact) mass is 311 g/mol. The Bertz CT molecular complexity index is 706. The molecular weight excluding hydrogens is 294 g/mol. The Morgan fingerprint density at radius 1 is 1.17 bits per heavy atom. The van der Waals surface area contributed by atoms with Crippen LogP contribution >= 0.6 is 0 Å². The number of hydrogen-bond acceptors (Lipinski definition) is 4. The second-order valence-corrected chi connectivity index (χ2v) is 5.28. The van der Waals surface area contributed by atoms with E-state index in [9.17, 15) is 4.79 Å². The van der Waals surface area contributed by atoms with Crippen LogP contribution in [0.5, 0.6) is 11.8 Å². The molecule has 1 saturated heterocycles. The summed E-state index contributed by atoms with van der Waals surface area (Å²) >= 11 is 0. The van der Waals surface area contributed by atoms with Gasteiger partial charge in [0.25, 0.3) is 0 Å². The van der Waals surface area contributed by atoms with Gasteiger partial charge >= 0.3 is 12.1 Å². The van der Waals surface area contributed by atoms with E-state index < -0.39 is 6.09 Å². The van der Waals surface area contributed by atoms with E-state index in [0.29, 0.717) is 24.8 Å². The van der Waals surface area contributed by atoms with Crippen molar-refractivity contribution >= 4 is 12.2 Å². The number of likely N-dealkylation sites (tertiary alicyclic amines) is 1. The summed E-state index contributed by atoms with van der Waals surface area (Å²) in [6, 6.07) is 9.73. The minimum Gasteiger partial charge on any atom is -0.465 e. The van der Waals surface area contributed by atoms with Crippen molar-refractivity contribution in [2.24, 2.45) is 0 Å². The fourth-order valence-corrected chi connectivity index (χ4v) is 2.48. The minimum atomic E-state index is -0.845. The van der Waals surface area contributed by atoms with E-state index in [4.69, 9.17) is 9.84 Å². The smallest absolute Gasteiger partial charge is 0.407 e. The van der Waals surface area contributed by atoms with Crippen LogP contribution in [0.4, 0.5) is 4.79 Å². The van der Waals surface area contributed by atoms with Crippen LogP contribution in [0.15, 0.2) is 48.3 Å². The quantitative estimate of drug-likeness (QED) is 0.940. The molecule has 2 aromatic rings. The van der Waals surface area contributed by atoms with E-state index in [0.717, 1.165) is 18.4 Å². The second-order valence-electron chi connectivity index (χ2n) is 5.28. The van der Waals surface area contributed by atoms with Crippen LogP contribution in [-0.2, 0) is 0 Å². The summed E-state index contributed by atoms with van der Waals surface area (Å²) in [5.74, 6) is 0.675.